The molecular weight excluding hydrogens is 316 g/mol. The van der Waals surface area contributed by atoms with E-state index < -0.39 is 23.8 Å². The van der Waals surface area contributed by atoms with Crippen LogP contribution in [0.1, 0.15) is 23.2 Å². The first kappa shape index (κ1) is 17.6. The highest BCUT2D eigenvalue weighted by molar-refractivity contribution is 5.97. The summed E-state index contributed by atoms with van der Waals surface area (Å²) in [5.74, 6) is -0.982. The average Bonchev–Trinajstić information content (AvgIpc) is 3.08. The van der Waals surface area contributed by atoms with Gasteiger partial charge in [0.2, 0.25) is 5.91 Å². The summed E-state index contributed by atoms with van der Waals surface area (Å²) in [5, 5.41) is 11.6. The van der Waals surface area contributed by atoms with E-state index in [2.05, 4.69) is 5.32 Å². The van der Waals surface area contributed by atoms with Crippen LogP contribution >= 0.6 is 0 Å². The van der Waals surface area contributed by atoms with Crippen molar-refractivity contribution in [2.45, 2.75) is 18.9 Å². The van der Waals surface area contributed by atoms with Gasteiger partial charge in [0, 0.05) is 12.1 Å². The van der Waals surface area contributed by atoms with Crippen molar-refractivity contribution < 1.29 is 29.0 Å². The third-order valence-corrected chi connectivity index (χ3v) is 3.90. The lowest BCUT2D eigenvalue weighted by Gasteiger charge is -2.21. The Morgan fingerprint density at radius 2 is 1.96 bits per heavy atom. The fourth-order valence-electron chi connectivity index (χ4n) is 2.66. The molecule has 1 heterocycles. The monoisotopic (exact) mass is 336 g/mol. The molecule has 2 rings (SSSR count). The number of amides is 2. The minimum atomic E-state index is -1.02. The van der Waals surface area contributed by atoms with E-state index in [1.807, 2.05) is 0 Å². The van der Waals surface area contributed by atoms with E-state index in [1.165, 1.54) is 25.2 Å². The first-order valence-corrected chi connectivity index (χ1v) is 7.50. The number of carbonyl (C=O) groups is 3. The molecule has 1 fully saturated rings. The van der Waals surface area contributed by atoms with Crippen LogP contribution in [0.2, 0.25) is 0 Å². The van der Waals surface area contributed by atoms with Gasteiger partial charge in [-0.05, 0) is 31.0 Å². The number of hydrogen-bond acceptors (Lipinski definition) is 5. The second kappa shape index (κ2) is 7.67. The van der Waals surface area contributed by atoms with Gasteiger partial charge in [0.25, 0.3) is 5.91 Å². The van der Waals surface area contributed by atoms with E-state index in [0.717, 1.165) is 0 Å². The molecule has 0 aliphatic carbocycles. The topological polar surface area (TPSA) is 105 Å². The van der Waals surface area contributed by atoms with E-state index in [-0.39, 0.29) is 6.54 Å². The number of carboxylic acid groups (broad SMARTS) is 1. The molecule has 8 nitrogen and oxygen atoms in total. The Kier molecular flexibility index (Phi) is 5.62. The normalized spacial score (nSPS) is 16.6. The van der Waals surface area contributed by atoms with Gasteiger partial charge in [0.1, 0.15) is 6.04 Å². The van der Waals surface area contributed by atoms with Crippen LogP contribution < -0.4 is 14.8 Å². The number of ether oxygens (including phenoxy) is 2. The van der Waals surface area contributed by atoms with Gasteiger partial charge in [-0.1, -0.05) is 0 Å². The third-order valence-electron chi connectivity index (χ3n) is 3.90. The molecule has 0 aromatic heterocycles. The number of nitrogens with one attached hydrogen (secondary N) is 1. The van der Waals surface area contributed by atoms with Crippen LogP contribution in [0.15, 0.2) is 18.2 Å². The number of benzene rings is 1. The summed E-state index contributed by atoms with van der Waals surface area (Å²) in [7, 11) is 2.95. The zero-order valence-corrected chi connectivity index (χ0v) is 13.6. The minimum absolute atomic E-state index is 0.253. The Balaban J connectivity index is 1.98. The molecule has 8 heteroatoms. The molecule has 1 aliphatic heterocycles. The highest BCUT2D eigenvalue weighted by atomic mass is 16.5. The molecule has 0 saturated carbocycles. The zero-order valence-electron chi connectivity index (χ0n) is 13.6. The van der Waals surface area contributed by atoms with Gasteiger partial charge in [0.05, 0.1) is 20.8 Å². The van der Waals surface area contributed by atoms with Crippen molar-refractivity contribution in [3.63, 3.8) is 0 Å². The third kappa shape index (κ3) is 3.76. The maximum Gasteiger partial charge on any atom is 0.326 e. The van der Waals surface area contributed by atoms with Gasteiger partial charge in [-0.15, -0.1) is 0 Å². The first-order chi connectivity index (χ1) is 11.5. The summed E-state index contributed by atoms with van der Waals surface area (Å²) in [6.45, 7) is 0.138. The molecule has 0 spiro atoms. The van der Waals surface area contributed by atoms with Crippen molar-refractivity contribution in [3.05, 3.63) is 23.8 Å². The van der Waals surface area contributed by atoms with Crippen LogP contribution in [0.4, 0.5) is 0 Å². The van der Waals surface area contributed by atoms with E-state index in [1.54, 1.807) is 12.1 Å². The predicted octanol–water partition coefficient (Wildman–Crippen LogP) is 0.509. The number of rotatable bonds is 6. The van der Waals surface area contributed by atoms with Crippen molar-refractivity contribution in [1.82, 2.24) is 10.2 Å². The summed E-state index contributed by atoms with van der Waals surface area (Å²) in [4.78, 5) is 36.7. The predicted molar refractivity (Wildman–Crippen MR) is 84.3 cm³/mol. The number of hydrogen-bond donors (Lipinski definition) is 2. The lowest BCUT2D eigenvalue weighted by Crippen LogP contribution is -2.45. The van der Waals surface area contributed by atoms with E-state index in [0.29, 0.717) is 36.4 Å². The Labute approximate surface area is 139 Å². The van der Waals surface area contributed by atoms with Crippen LogP contribution in [-0.4, -0.2) is 61.1 Å². The first-order valence-electron chi connectivity index (χ1n) is 7.50. The van der Waals surface area contributed by atoms with Gasteiger partial charge in [-0.2, -0.15) is 0 Å². The molecular formula is C16H20N2O6. The quantitative estimate of drug-likeness (QED) is 0.784. The summed E-state index contributed by atoms with van der Waals surface area (Å²) in [6, 6.07) is 3.85. The Hall–Kier alpha value is -2.77. The molecule has 2 N–H and O–H groups in total. The van der Waals surface area contributed by atoms with Crippen molar-refractivity contribution in [1.29, 1.82) is 0 Å². The van der Waals surface area contributed by atoms with Crippen molar-refractivity contribution in [2.24, 2.45) is 0 Å². The van der Waals surface area contributed by atoms with E-state index in [4.69, 9.17) is 14.6 Å². The van der Waals surface area contributed by atoms with Gasteiger partial charge in [-0.3, -0.25) is 9.59 Å². The van der Waals surface area contributed by atoms with Crippen LogP contribution in [0.5, 0.6) is 11.5 Å². The molecule has 2 amide bonds. The fraction of sp³-hybridized carbons (Fsp3) is 0.438. The van der Waals surface area contributed by atoms with Crippen molar-refractivity contribution in [2.75, 3.05) is 27.3 Å². The summed E-state index contributed by atoms with van der Waals surface area (Å²) >= 11 is 0. The minimum Gasteiger partial charge on any atom is -0.493 e. The molecule has 0 bridgehead atoms. The highest BCUT2D eigenvalue weighted by Crippen LogP contribution is 2.27. The molecule has 130 valence electrons. The van der Waals surface area contributed by atoms with Crippen LogP contribution in [0, 0.1) is 0 Å². The largest absolute Gasteiger partial charge is 0.493 e. The summed E-state index contributed by atoms with van der Waals surface area (Å²) < 4.78 is 10.2. The average molecular weight is 336 g/mol. The van der Waals surface area contributed by atoms with E-state index >= 15 is 0 Å². The van der Waals surface area contributed by atoms with Crippen LogP contribution in [0.3, 0.4) is 0 Å². The lowest BCUT2D eigenvalue weighted by atomic mass is 10.2. The maximum absolute atomic E-state index is 12.2. The molecule has 1 aromatic rings. The number of carboxylic acids is 1. The molecule has 1 saturated heterocycles. The molecule has 1 atom stereocenters. The van der Waals surface area contributed by atoms with Gasteiger partial charge in [-0.25, -0.2) is 4.79 Å². The van der Waals surface area contributed by atoms with Gasteiger partial charge >= 0.3 is 5.97 Å². The molecule has 0 unspecified atom stereocenters. The molecule has 24 heavy (non-hydrogen) atoms. The number of aliphatic carboxylic acids is 1. The van der Waals surface area contributed by atoms with E-state index in [9.17, 15) is 14.4 Å². The Morgan fingerprint density at radius 1 is 1.25 bits per heavy atom. The molecule has 1 aromatic carbocycles. The van der Waals surface area contributed by atoms with Gasteiger partial charge < -0.3 is 24.8 Å². The maximum atomic E-state index is 12.2. The second-order valence-electron chi connectivity index (χ2n) is 5.34. The number of methoxy groups -OCH3 is 2. The Morgan fingerprint density at radius 3 is 2.58 bits per heavy atom. The summed E-state index contributed by atoms with van der Waals surface area (Å²) in [6.07, 6.45) is 1.08. The van der Waals surface area contributed by atoms with Crippen LogP contribution in [-0.2, 0) is 9.59 Å². The van der Waals surface area contributed by atoms with Crippen molar-refractivity contribution >= 4 is 17.8 Å². The number of nitrogens with zero attached hydrogens (tertiary/aromatic N) is 1. The lowest BCUT2D eigenvalue weighted by molar-refractivity contribution is -0.147. The standard InChI is InChI=1S/C16H20N2O6/c1-23-12-6-5-10(8-13(12)24-2)15(20)17-9-14(19)18-7-3-4-11(18)16(21)22/h5-6,8,11H,3-4,7,9H2,1-2H3,(H,17,20)(H,21,22)/t11-/m1/s1. The fourth-order valence-corrected chi connectivity index (χ4v) is 2.66. The number of likely N-dealkylation sites (tertiary alicyclic amines) is 1. The second-order valence-corrected chi connectivity index (χ2v) is 5.34. The SMILES string of the molecule is COc1ccc(C(=O)NCC(=O)N2CCC[C@@H]2C(=O)O)cc1OC. The number of carbonyl (C=O) groups excluding carboxylic acids is 2. The zero-order chi connectivity index (χ0) is 17.7. The molecule has 1 aliphatic rings. The van der Waals surface area contributed by atoms with Crippen molar-refractivity contribution in [3.8, 4) is 11.5 Å². The van der Waals surface area contributed by atoms with Crippen LogP contribution in [0.25, 0.3) is 0 Å². The molecule has 0 radical (unpaired) electrons. The smallest absolute Gasteiger partial charge is 0.326 e. The summed E-state index contributed by atoms with van der Waals surface area (Å²) in [5.41, 5.74) is 0.316. The highest BCUT2D eigenvalue weighted by Gasteiger charge is 2.33. The van der Waals surface area contributed by atoms with Gasteiger partial charge in [0.15, 0.2) is 11.5 Å². The Bertz CT molecular complexity index is 645.